The fourth-order valence-corrected chi connectivity index (χ4v) is 1.50. The van der Waals surface area contributed by atoms with E-state index >= 15 is 0 Å². The van der Waals surface area contributed by atoms with E-state index in [4.69, 9.17) is 0 Å². The molecule has 0 heteroatoms. The second-order valence-corrected chi connectivity index (χ2v) is 3.74. The summed E-state index contributed by atoms with van der Waals surface area (Å²) in [6.45, 7) is 6.07. The molecule has 0 amide bonds. The lowest BCUT2D eigenvalue weighted by Crippen LogP contribution is -1.95. The van der Waals surface area contributed by atoms with Gasteiger partial charge < -0.3 is 0 Å². The van der Waals surface area contributed by atoms with Crippen LogP contribution in [0.5, 0.6) is 0 Å². The van der Waals surface area contributed by atoms with Gasteiger partial charge >= 0.3 is 0 Å². The Morgan fingerprint density at radius 3 is 2.64 bits per heavy atom. The van der Waals surface area contributed by atoms with E-state index in [0.29, 0.717) is 5.92 Å². The maximum Gasteiger partial charge on any atom is -0.0218 e. The summed E-state index contributed by atoms with van der Waals surface area (Å²) in [6, 6.07) is 10.6. The van der Waals surface area contributed by atoms with Gasteiger partial charge in [-0.3, -0.25) is 0 Å². The standard InChI is InChI=1S/C14H19/c1-3-4-6-9-13(2)12-14-10-7-5-8-11-14/h5-11,13H,1,3-4,12H2,2H3. The van der Waals surface area contributed by atoms with E-state index in [1.54, 1.807) is 0 Å². The fraction of sp³-hybridized carbons (Fsp3) is 0.357. The van der Waals surface area contributed by atoms with Crippen molar-refractivity contribution >= 4 is 0 Å². The van der Waals surface area contributed by atoms with Crippen molar-refractivity contribution in [3.63, 3.8) is 0 Å². The van der Waals surface area contributed by atoms with E-state index in [1.807, 2.05) is 0 Å². The third kappa shape index (κ3) is 4.27. The second-order valence-electron chi connectivity index (χ2n) is 3.74. The Labute approximate surface area is 87.7 Å². The van der Waals surface area contributed by atoms with Gasteiger partial charge in [0.05, 0.1) is 0 Å². The topological polar surface area (TPSA) is 0 Å². The van der Waals surface area contributed by atoms with Crippen LogP contribution in [0, 0.1) is 12.8 Å². The van der Waals surface area contributed by atoms with Crippen molar-refractivity contribution in [3.05, 3.63) is 55.0 Å². The van der Waals surface area contributed by atoms with Crippen molar-refractivity contribution in [2.45, 2.75) is 26.2 Å². The second kappa shape index (κ2) is 6.42. The van der Waals surface area contributed by atoms with Gasteiger partial charge in [-0.2, -0.15) is 0 Å². The number of unbranched alkanes of at least 4 members (excludes halogenated alkanes) is 1. The number of hydrogen-bond donors (Lipinski definition) is 0. The number of benzene rings is 1. The van der Waals surface area contributed by atoms with E-state index in [2.05, 4.69) is 56.3 Å². The average Bonchev–Trinajstić information content (AvgIpc) is 2.20. The quantitative estimate of drug-likeness (QED) is 0.610. The summed E-state index contributed by atoms with van der Waals surface area (Å²) in [5.74, 6) is 0.629. The lowest BCUT2D eigenvalue weighted by Gasteiger charge is -2.05. The minimum atomic E-state index is 0.629. The van der Waals surface area contributed by atoms with Gasteiger partial charge in [0.2, 0.25) is 0 Å². The number of rotatable bonds is 5. The Balaban J connectivity index is 2.37. The zero-order valence-electron chi connectivity index (χ0n) is 8.95. The molecule has 0 heterocycles. The zero-order chi connectivity index (χ0) is 10.2. The minimum absolute atomic E-state index is 0.629. The molecule has 1 rings (SSSR count). The normalized spacial score (nSPS) is 13.3. The van der Waals surface area contributed by atoms with E-state index < -0.39 is 0 Å². The Kier molecular flexibility index (Phi) is 5.06. The fourth-order valence-electron chi connectivity index (χ4n) is 1.50. The van der Waals surface area contributed by atoms with Crippen molar-refractivity contribution in [2.75, 3.05) is 0 Å². The number of hydrogen-bond acceptors (Lipinski definition) is 0. The Bertz CT molecular complexity index is 259. The summed E-state index contributed by atoms with van der Waals surface area (Å²) in [5.41, 5.74) is 1.42. The van der Waals surface area contributed by atoms with E-state index in [9.17, 15) is 0 Å². The molecule has 1 aromatic carbocycles. The Hall–Kier alpha value is -1.04. The highest BCUT2D eigenvalue weighted by molar-refractivity contribution is 5.16. The van der Waals surface area contributed by atoms with Crippen molar-refractivity contribution in [1.82, 2.24) is 0 Å². The van der Waals surface area contributed by atoms with E-state index in [-0.39, 0.29) is 0 Å². The Morgan fingerprint density at radius 1 is 1.29 bits per heavy atom. The summed E-state index contributed by atoms with van der Waals surface area (Å²) >= 11 is 0. The zero-order valence-corrected chi connectivity index (χ0v) is 8.95. The highest BCUT2D eigenvalue weighted by Gasteiger charge is 1.97. The van der Waals surface area contributed by atoms with E-state index in [0.717, 1.165) is 19.3 Å². The van der Waals surface area contributed by atoms with Gasteiger partial charge in [0, 0.05) is 0 Å². The third-order valence-corrected chi connectivity index (χ3v) is 2.24. The van der Waals surface area contributed by atoms with Crippen LogP contribution < -0.4 is 0 Å². The van der Waals surface area contributed by atoms with Crippen LogP contribution in [-0.2, 0) is 6.42 Å². The molecule has 0 aromatic heterocycles. The van der Waals surface area contributed by atoms with Gasteiger partial charge in [-0.05, 0) is 30.7 Å². The van der Waals surface area contributed by atoms with Crippen molar-refractivity contribution in [3.8, 4) is 0 Å². The van der Waals surface area contributed by atoms with Gasteiger partial charge in [-0.1, -0.05) is 56.3 Å². The van der Waals surface area contributed by atoms with Crippen LogP contribution >= 0.6 is 0 Å². The molecule has 0 fully saturated rings. The monoisotopic (exact) mass is 187 g/mol. The first-order chi connectivity index (χ1) is 6.83. The summed E-state index contributed by atoms with van der Waals surface area (Å²) in [7, 11) is 0. The molecule has 0 saturated carbocycles. The maximum absolute atomic E-state index is 3.82. The maximum atomic E-state index is 3.82. The molecule has 1 aromatic rings. The highest BCUT2D eigenvalue weighted by atomic mass is 14.0. The van der Waals surface area contributed by atoms with Crippen LogP contribution in [0.25, 0.3) is 0 Å². The molecular formula is C14H19. The molecule has 14 heavy (non-hydrogen) atoms. The van der Waals surface area contributed by atoms with Crippen LogP contribution in [0.15, 0.2) is 42.5 Å². The van der Waals surface area contributed by atoms with Crippen molar-refractivity contribution in [1.29, 1.82) is 0 Å². The lowest BCUT2D eigenvalue weighted by atomic mass is 10.0. The lowest BCUT2D eigenvalue weighted by molar-refractivity contribution is 0.719. The third-order valence-electron chi connectivity index (χ3n) is 2.24. The average molecular weight is 187 g/mol. The van der Waals surface area contributed by atoms with Crippen LogP contribution in [0.1, 0.15) is 25.3 Å². The summed E-state index contributed by atoms with van der Waals surface area (Å²) in [5, 5.41) is 0. The molecule has 0 saturated heterocycles. The van der Waals surface area contributed by atoms with Crippen LogP contribution in [0.2, 0.25) is 0 Å². The predicted molar refractivity (Wildman–Crippen MR) is 63.0 cm³/mol. The highest BCUT2D eigenvalue weighted by Crippen LogP contribution is 2.09. The van der Waals surface area contributed by atoms with Crippen molar-refractivity contribution in [2.24, 2.45) is 5.92 Å². The molecular weight excluding hydrogens is 168 g/mol. The van der Waals surface area contributed by atoms with Crippen LogP contribution in [0.3, 0.4) is 0 Å². The molecule has 0 aliphatic rings. The van der Waals surface area contributed by atoms with Gasteiger partial charge in [-0.15, -0.1) is 0 Å². The largest absolute Gasteiger partial charge is 0.0883 e. The van der Waals surface area contributed by atoms with Gasteiger partial charge in [0.15, 0.2) is 0 Å². The number of allylic oxidation sites excluding steroid dienone is 2. The SMILES string of the molecule is [CH2]CCC=CC(C)Cc1ccccc1. The summed E-state index contributed by atoms with van der Waals surface area (Å²) in [6.07, 6.45) is 7.75. The molecule has 0 spiro atoms. The summed E-state index contributed by atoms with van der Waals surface area (Å²) < 4.78 is 0. The first-order valence-corrected chi connectivity index (χ1v) is 5.32. The molecule has 1 radical (unpaired) electrons. The molecule has 1 atom stereocenters. The molecule has 0 bridgehead atoms. The summed E-state index contributed by atoms with van der Waals surface area (Å²) in [4.78, 5) is 0. The van der Waals surface area contributed by atoms with Crippen molar-refractivity contribution < 1.29 is 0 Å². The van der Waals surface area contributed by atoms with Crippen LogP contribution in [0.4, 0.5) is 0 Å². The van der Waals surface area contributed by atoms with Gasteiger partial charge in [0.1, 0.15) is 0 Å². The molecule has 0 aliphatic carbocycles. The van der Waals surface area contributed by atoms with E-state index in [1.165, 1.54) is 5.56 Å². The first kappa shape index (κ1) is 11.0. The molecule has 0 aliphatic heterocycles. The smallest absolute Gasteiger partial charge is 0.0218 e. The molecule has 0 nitrogen and oxygen atoms in total. The van der Waals surface area contributed by atoms with Gasteiger partial charge in [-0.25, -0.2) is 0 Å². The molecule has 0 N–H and O–H groups in total. The molecule has 75 valence electrons. The molecule has 1 unspecified atom stereocenters. The van der Waals surface area contributed by atoms with Crippen LogP contribution in [-0.4, -0.2) is 0 Å². The predicted octanol–water partition coefficient (Wildman–Crippen LogP) is 4.04. The van der Waals surface area contributed by atoms with Gasteiger partial charge in [0.25, 0.3) is 0 Å². The minimum Gasteiger partial charge on any atom is -0.0883 e. The Morgan fingerprint density at radius 2 is 2.00 bits per heavy atom. The first-order valence-electron chi connectivity index (χ1n) is 5.32.